The molecule has 2 aromatic rings. The Morgan fingerprint density at radius 1 is 1.29 bits per heavy atom. The quantitative estimate of drug-likeness (QED) is 0.928. The van der Waals surface area contributed by atoms with E-state index >= 15 is 0 Å². The van der Waals surface area contributed by atoms with Gasteiger partial charge in [0.05, 0.1) is 5.69 Å². The van der Waals surface area contributed by atoms with E-state index in [0.717, 1.165) is 10.7 Å². The molecule has 1 amide bonds. The van der Waals surface area contributed by atoms with E-state index in [1.54, 1.807) is 11.3 Å². The first-order valence-corrected chi connectivity index (χ1v) is 8.04. The zero-order valence-electron chi connectivity index (χ0n) is 13.1. The average Bonchev–Trinajstić information content (AvgIpc) is 2.83. The van der Waals surface area contributed by atoms with Crippen LogP contribution in [0.5, 0.6) is 0 Å². The minimum atomic E-state index is -0.175. The molecule has 112 valence electrons. The molecule has 4 heteroatoms. The number of carbonyl (C=O) groups is 1. The van der Waals surface area contributed by atoms with Gasteiger partial charge in [-0.05, 0) is 39.7 Å². The van der Waals surface area contributed by atoms with Crippen LogP contribution in [0.1, 0.15) is 38.4 Å². The Bertz CT molecular complexity index is 626. The average molecular weight is 302 g/mol. The summed E-state index contributed by atoms with van der Waals surface area (Å²) in [7, 11) is 0. The van der Waals surface area contributed by atoms with Crippen LogP contribution in [0.25, 0.3) is 10.6 Å². The number of rotatable bonds is 4. The second kappa shape index (κ2) is 6.39. The molecule has 0 fully saturated rings. The highest BCUT2D eigenvalue weighted by Crippen LogP contribution is 2.26. The van der Waals surface area contributed by atoms with Gasteiger partial charge in [-0.15, -0.1) is 11.3 Å². The molecule has 21 heavy (non-hydrogen) atoms. The van der Waals surface area contributed by atoms with Crippen LogP contribution in [0, 0.1) is 6.92 Å². The maximum Gasteiger partial charge on any atom is 0.220 e. The topological polar surface area (TPSA) is 42.0 Å². The molecule has 0 saturated heterocycles. The van der Waals surface area contributed by atoms with Crippen molar-refractivity contribution in [1.29, 1.82) is 0 Å². The van der Waals surface area contributed by atoms with Crippen LogP contribution in [0.3, 0.4) is 0 Å². The molecule has 1 N–H and O–H groups in total. The molecular weight excluding hydrogens is 280 g/mol. The summed E-state index contributed by atoms with van der Waals surface area (Å²) in [5, 5.41) is 6.05. The monoisotopic (exact) mass is 302 g/mol. The summed E-state index contributed by atoms with van der Waals surface area (Å²) in [6, 6.07) is 8.24. The molecule has 0 spiro atoms. The highest BCUT2D eigenvalue weighted by Gasteiger charge is 2.14. The second-order valence-electron chi connectivity index (χ2n) is 6.26. The Morgan fingerprint density at radius 2 is 2.00 bits per heavy atom. The number of nitrogens with one attached hydrogen (secondary N) is 1. The van der Waals surface area contributed by atoms with Gasteiger partial charge in [-0.1, -0.05) is 24.3 Å². The predicted molar refractivity (Wildman–Crippen MR) is 88.5 cm³/mol. The zero-order chi connectivity index (χ0) is 15.5. The van der Waals surface area contributed by atoms with E-state index < -0.39 is 0 Å². The van der Waals surface area contributed by atoms with Gasteiger partial charge < -0.3 is 5.32 Å². The number of aromatic nitrogens is 1. The first-order chi connectivity index (χ1) is 9.85. The highest BCUT2D eigenvalue weighted by atomic mass is 32.1. The molecule has 0 aliphatic heterocycles. The van der Waals surface area contributed by atoms with E-state index in [1.807, 2.05) is 38.3 Å². The van der Waals surface area contributed by atoms with E-state index in [0.29, 0.717) is 12.8 Å². The van der Waals surface area contributed by atoms with Crippen LogP contribution in [0.2, 0.25) is 0 Å². The van der Waals surface area contributed by atoms with E-state index in [2.05, 4.69) is 29.4 Å². The minimum Gasteiger partial charge on any atom is -0.351 e. The third-order valence-corrected chi connectivity index (χ3v) is 3.97. The fraction of sp³-hybridized carbons (Fsp3) is 0.412. The van der Waals surface area contributed by atoms with Crippen molar-refractivity contribution >= 4 is 17.2 Å². The van der Waals surface area contributed by atoms with Gasteiger partial charge in [0.15, 0.2) is 0 Å². The molecule has 0 radical (unpaired) electrons. The molecule has 0 unspecified atom stereocenters. The summed E-state index contributed by atoms with van der Waals surface area (Å²) in [4.78, 5) is 16.5. The smallest absolute Gasteiger partial charge is 0.220 e. The van der Waals surface area contributed by atoms with Crippen molar-refractivity contribution in [3.8, 4) is 10.6 Å². The third-order valence-electron chi connectivity index (χ3n) is 3.05. The first kappa shape index (κ1) is 15.7. The number of carbonyl (C=O) groups excluding carboxylic acids is 1. The van der Waals surface area contributed by atoms with Crippen molar-refractivity contribution in [2.24, 2.45) is 0 Å². The molecule has 0 saturated carbocycles. The summed E-state index contributed by atoms with van der Waals surface area (Å²) >= 11 is 1.64. The fourth-order valence-corrected chi connectivity index (χ4v) is 3.02. The summed E-state index contributed by atoms with van der Waals surface area (Å²) in [6.07, 6.45) is 1.17. The minimum absolute atomic E-state index is 0.0768. The Balaban J connectivity index is 1.98. The van der Waals surface area contributed by atoms with Crippen LogP contribution in [0.15, 0.2) is 29.6 Å². The van der Waals surface area contributed by atoms with E-state index in [1.165, 1.54) is 11.1 Å². The lowest BCUT2D eigenvalue weighted by atomic mass is 10.1. The Hall–Kier alpha value is -1.68. The SMILES string of the molecule is Cc1ccccc1-c1nc(CCC(=O)NC(C)(C)C)cs1. The number of thiazole rings is 1. The van der Waals surface area contributed by atoms with Crippen LogP contribution in [-0.2, 0) is 11.2 Å². The maximum atomic E-state index is 11.8. The van der Waals surface area contributed by atoms with E-state index in [4.69, 9.17) is 0 Å². The molecule has 0 atom stereocenters. The Morgan fingerprint density at radius 3 is 2.67 bits per heavy atom. The van der Waals surface area contributed by atoms with Crippen molar-refractivity contribution in [3.63, 3.8) is 0 Å². The Kier molecular flexibility index (Phi) is 4.78. The molecule has 1 aromatic heterocycles. The number of aryl methyl sites for hydroxylation is 2. The van der Waals surface area contributed by atoms with Gasteiger partial charge in [0, 0.05) is 22.9 Å². The third kappa shape index (κ3) is 4.67. The lowest BCUT2D eigenvalue weighted by Gasteiger charge is -2.20. The van der Waals surface area contributed by atoms with Gasteiger partial charge in [0.25, 0.3) is 0 Å². The molecule has 0 bridgehead atoms. The van der Waals surface area contributed by atoms with Crippen LogP contribution in [-0.4, -0.2) is 16.4 Å². The Labute approximate surface area is 130 Å². The van der Waals surface area contributed by atoms with Crippen molar-refractivity contribution < 1.29 is 4.79 Å². The molecular formula is C17H22N2OS. The number of benzene rings is 1. The molecule has 3 nitrogen and oxygen atoms in total. The standard InChI is InChI=1S/C17H22N2OS/c1-12-7-5-6-8-14(12)16-18-13(11-21-16)9-10-15(20)19-17(2,3)4/h5-8,11H,9-10H2,1-4H3,(H,19,20). The lowest BCUT2D eigenvalue weighted by Crippen LogP contribution is -2.40. The normalized spacial score (nSPS) is 11.4. The largest absolute Gasteiger partial charge is 0.351 e. The number of amides is 1. The summed E-state index contributed by atoms with van der Waals surface area (Å²) in [6.45, 7) is 8.06. The van der Waals surface area contributed by atoms with Crippen molar-refractivity contribution in [2.75, 3.05) is 0 Å². The van der Waals surface area contributed by atoms with Crippen LogP contribution < -0.4 is 5.32 Å². The van der Waals surface area contributed by atoms with E-state index in [-0.39, 0.29) is 11.4 Å². The first-order valence-electron chi connectivity index (χ1n) is 7.16. The van der Waals surface area contributed by atoms with Crippen LogP contribution in [0.4, 0.5) is 0 Å². The molecule has 0 aliphatic carbocycles. The van der Waals surface area contributed by atoms with Crippen molar-refractivity contribution in [1.82, 2.24) is 10.3 Å². The predicted octanol–water partition coefficient (Wildman–Crippen LogP) is 3.97. The van der Waals surface area contributed by atoms with Crippen molar-refractivity contribution in [2.45, 2.75) is 46.1 Å². The number of nitrogens with zero attached hydrogens (tertiary/aromatic N) is 1. The van der Waals surface area contributed by atoms with Gasteiger partial charge in [0.2, 0.25) is 5.91 Å². The molecule has 1 aromatic carbocycles. The molecule has 1 heterocycles. The van der Waals surface area contributed by atoms with Crippen molar-refractivity contribution in [3.05, 3.63) is 40.9 Å². The molecule has 0 aliphatic rings. The zero-order valence-corrected chi connectivity index (χ0v) is 13.9. The van der Waals surface area contributed by atoms with E-state index in [9.17, 15) is 4.79 Å². The van der Waals surface area contributed by atoms with Gasteiger partial charge in [0.1, 0.15) is 5.01 Å². The number of hydrogen-bond acceptors (Lipinski definition) is 3. The molecule has 2 rings (SSSR count). The summed E-state index contributed by atoms with van der Waals surface area (Å²) in [5.41, 5.74) is 3.21. The fourth-order valence-electron chi connectivity index (χ4n) is 2.08. The van der Waals surface area contributed by atoms with Gasteiger partial charge in [-0.3, -0.25) is 4.79 Å². The number of hydrogen-bond donors (Lipinski definition) is 1. The van der Waals surface area contributed by atoms with Crippen LogP contribution >= 0.6 is 11.3 Å². The van der Waals surface area contributed by atoms with Gasteiger partial charge in [-0.25, -0.2) is 4.98 Å². The highest BCUT2D eigenvalue weighted by molar-refractivity contribution is 7.13. The maximum absolute atomic E-state index is 11.8. The van der Waals surface area contributed by atoms with Gasteiger partial charge >= 0.3 is 0 Å². The lowest BCUT2D eigenvalue weighted by molar-refractivity contribution is -0.122. The summed E-state index contributed by atoms with van der Waals surface area (Å²) < 4.78 is 0. The summed E-state index contributed by atoms with van der Waals surface area (Å²) in [5.74, 6) is 0.0768. The second-order valence-corrected chi connectivity index (χ2v) is 7.12. The van der Waals surface area contributed by atoms with Gasteiger partial charge in [-0.2, -0.15) is 0 Å².